The first-order valence-corrected chi connectivity index (χ1v) is 5.30. The molecule has 13 heavy (non-hydrogen) atoms. The van der Waals surface area contributed by atoms with E-state index in [2.05, 4.69) is 24.4 Å². The fourth-order valence-electron chi connectivity index (χ4n) is 1.39. The predicted molar refractivity (Wildman–Crippen MR) is 57.7 cm³/mol. The molecule has 0 aliphatic carbocycles. The monoisotopic (exact) mass is 192 g/mol. The van der Waals surface area contributed by atoms with Gasteiger partial charge in [0.25, 0.3) is 0 Å². The van der Waals surface area contributed by atoms with Crippen LogP contribution < -0.4 is 4.74 Å². The Hall–Kier alpha value is -1.02. The lowest BCUT2D eigenvalue weighted by Crippen LogP contribution is -1.90. The van der Waals surface area contributed by atoms with Crippen molar-refractivity contribution in [3.05, 3.63) is 29.1 Å². The molecule has 0 atom stereocenters. The van der Waals surface area contributed by atoms with Gasteiger partial charge in [0.2, 0.25) is 0 Å². The van der Waals surface area contributed by atoms with Crippen LogP contribution in [0.1, 0.15) is 12.5 Å². The molecular weight excluding hydrogens is 180 g/mol. The first-order chi connectivity index (χ1) is 6.31. The van der Waals surface area contributed by atoms with Gasteiger partial charge in [-0.05, 0) is 48.4 Å². The maximum atomic E-state index is 5.44. The van der Waals surface area contributed by atoms with Gasteiger partial charge in [-0.2, -0.15) is 0 Å². The minimum atomic E-state index is 0.731. The fraction of sp³-hybridized carbons (Fsp3) is 0.273. The molecule has 0 amide bonds. The molecule has 1 nitrogen and oxygen atoms in total. The molecule has 1 aromatic carbocycles. The second kappa shape index (κ2) is 3.38. The van der Waals surface area contributed by atoms with Crippen LogP contribution in [0.5, 0.6) is 5.75 Å². The van der Waals surface area contributed by atoms with E-state index in [1.165, 1.54) is 15.6 Å². The van der Waals surface area contributed by atoms with Crippen molar-refractivity contribution in [3.8, 4) is 5.75 Å². The molecule has 0 radical (unpaired) electrons. The normalized spacial score (nSPS) is 10.6. The van der Waals surface area contributed by atoms with Crippen molar-refractivity contribution in [1.29, 1.82) is 0 Å². The van der Waals surface area contributed by atoms with Crippen LogP contribution in [0.15, 0.2) is 23.6 Å². The third-order valence-corrected chi connectivity index (χ3v) is 3.13. The van der Waals surface area contributed by atoms with Crippen LogP contribution in [0, 0.1) is 6.92 Å². The molecule has 0 unspecified atom stereocenters. The van der Waals surface area contributed by atoms with E-state index in [9.17, 15) is 0 Å². The molecule has 0 fully saturated rings. The minimum Gasteiger partial charge on any atom is -0.494 e. The molecule has 0 bridgehead atoms. The van der Waals surface area contributed by atoms with E-state index in [1.54, 1.807) is 11.3 Å². The standard InChI is InChI=1S/C11H12OS/c1-3-12-9-4-5-11-10(6-9)8(2)7-13-11/h4-7H,3H2,1-2H3. The number of fused-ring (bicyclic) bond motifs is 1. The van der Waals surface area contributed by atoms with Gasteiger partial charge >= 0.3 is 0 Å². The summed E-state index contributed by atoms with van der Waals surface area (Å²) in [6.07, 6.45) is 0. The molecule has 0 saturated heterocycles. The zero-order valence-corrected chi connectivity index (χ0v) is 8.65. The average Bonchev–Trinajstić information content (AvgIpc) is 2.49. The van der Waals surface area contributed by atoms with E-state index in [0.717, 1.165) is 12.4 Å². The number of ether oxygens (including phenoxy) is 1. The van der Waals surface area contributed by atoms with Crippen LogP contribution >= 0.6 is 11.3 Å². The molecule has 1 heterocycles. The number of aryl methyl sites for hydroxylation is 1. The summed E-state index contributed by atoms with van der Waals surface area (Å²) in [6.45, 7) is 4.87. The summed E-state index contributed by atoms with van der Waals surface area (Å²) in [6, 6.07) is 6.27. The third kappa shape index (κ3) is 1.54. The molecule has 68 valence electrons. The van der Waals surface area contributed by atoms with Gasteiger partial charge < -0.3 is 4.74 Å². The quantitative estimate of drug-likeness (QED) is 0.706. The van der Waals surface area contributed by atoms with E-state index >= 15 is 0 Å². The third-order valence-electron chi connectivity index (χ3n) is 2.05. The Labute approximate surface area is 82.0 Å². The van der Waals surface area contributed by atoms with Gasteiger partial charge in [-0.15, -0.1) is 11.3 Å². The predicted octanol–water partition coefficient (Wildman–Crippen LogP) is 3.61. The van der Waals surface area contributed by atoms with Crippen molar-refractivity contribution in [2.45, 2.75) is 13.8 Å². The molecule has 1 aromatic heterocycles. The molecule has 2 aromatic rings. The van der Waals surface area contributed by atoms with E-state index in [4.69, 9.17) is 4.74 Å². The number of hydrogen-bond donors (Lipinski definition) is 0. The number of benzene rings is 1. The van der Waals surface area contributed by atoms with Gasteiger partial charge in [-0.1, -0.05) is 0 Å². The van der Waals surface area contributed by atoms with E-state index in [-0.39, 0.29) is 0 Å². The first-order valence-electron chi connectivity index (χ1n) is 4.42. The molecule has 0 spiro atoms. The smallest absolute Gasteiger partial charge is 0.119 e. The largest absolute Gasteiger partial charge is 0.494 e. The van der Waals surface area contributed by atoms with Crippen molar-refractivity contribution < 1.29 is 4.74 Å². The lowest BCUT2D eigenvalue weighted by molar-refractivity contribution is 0.341. The van der Waals surface area contributed by atoms with Crippen LogP contribution in [0.4, 0.5) is 0 Å². The summed E-state index contributed by atoms with van der Waals surface area (Å²) in [4.78, 5) is 0. The molecular formula is C11H12OS. The van der Waals surface area contributed by atoms with Crippen LogP contribution in [0.25, 0.3) is 10.1 Å². The lowest BCUT2D eigenvalue weighted by Gasteiger charge is -2.02. The summed E-state index contributed by atoms with van der Waals surface area (Å²) in [7, 11) is 0. The fourth-order valence-corrected chi connectivity index (χ4v) is 2.32. The lowest BCUT2D eigenvalue weighted by atomic mass is 10.2. The minimum absolute atomic E-state index is 0.731. The zero-order chi connectivity index (χ0) is 9.26. The van der Waals surface area contributed by atoms with Crippen LogP contribution in [0.2, 0.25) is 0 Å². The van der Waals surface area contributed by atoms with Crippen LogP contribution in [-0.2, 0) is 0 Å². The molecule has 2 rings (SSSR count). The van der Waals surface area contributed by atoms with Gasteiger partial charge in [0.05, 0.1) is 6.61 Å². The maximum Gasteiger partial charge on any atom is 0.119 e. The van der Waals surface area contributed by atoms with E-state index in [0.29, 0.717) is 0 Å². The van der Waals surface area contributed by atoms with Gasteiger partial charge in [-0.3, -0.25) is 0 Å². The van der Waals surface area contributed by atoms with Crippen LogP contribution in [-0.4, -0.2) is 6.61 Å². The maximum absolute atomic E-state index is 5.44. The summed E-state index contributed by atoms with van der Waals surface area (Å²) >= 11 is 1.79. The molecule has 0 saturated carbocycles. The Morgan fingerprint density at radius 1 is 1.38 bits per heavy atom. The van der Waals surface area contributed by atoms with Gasteiger partial charge in [-0.25, -0.2) is 0 Å². The highest BCUT2D eigenvalue weighted by Gasteiger charge is 2.01. The second-order valence-corrected chi connectivity index (χ2v) is 3.92. The van der Waals surface area contributed by atoms with Crippen molar-refractivity contribution in [2.75, 3.05) is 6.61 Å². The first kappa shape index (κ1) is 8.57. The Kier molecular flexibility index (Phi) is 2.23. The zero-order valence-electron chi connectivity index (χ0n) is 7.83. The van der Waals surface area contributed by atoms with Crippen LogP contribution in [0.3, 0.4) is 0 Å². The highest BCUT2D eigenvalue weighted by atomic mass is 32.1. The Morgan fingerprint density at radius 3 is 3.00 bits per heavy atom. The average molecular weight is 192 g/mol. The van der Waals surface area contributed by atoms with Crippen molar-refractivity contribution in [2.24, 2.45) is 0 Å². The van der Waals surface area contributed by atoms with E-state index < -0.39 is 0 Å². The summed E-state index contributed by atoms with van der Waals surface area (Å²) < 4.78 is 6.78. The Morgan fingerprint density at radius 2 is 2.23 bits per heavy atom. The van der Waals surface area contributed by atoms with Crippen molar-refractivity contribution in [1.82, 2.24) is 0 Å². The Bertz CT molecular complexity index is 417. The van der Waals surface area contributed by atoms with Gasteiger partial charge in [0.1, 0.15) is 5.75 Å². The number of rotatable bonds is 2. The van der Waals surface area contributed by atoms with Gasteiger partial charge in [0.15, 0.2) is 0 Å². The highest BCUT2D eigenvalue weighted by Crippen LogP contribution is 2.28. The summed E-state index contributed by atoms with van der Waals surface area (Å²) in [5.74, 6) is 0.969. The number of hydrogen-bond acceptors (Lipinski definition) is 2. The van der Waals surface area contributed by atoms with E-state index in [1.807, 2.05) is 13.0 Å². The highest BCUT2D eigenvalue weighted by molar-refractivity contribution is 7.17. The second-order valence-electron chi connectivity index (χ2n) is 3.01. The molecule has 0 N–H and O–H groups in total. The molecule has 0 aliphatic heterocycles. The molecule has 0 aliphatic rings. The van der Waals surface area contributed by atoms with Crippen molar-refractivity contribution in [3.63, 3.8) is 0 Å². The summed E-state index contributed by atoms with van der Waals surface area (Å²) in [5, 5.41) is 3.50. The van der Waals surface area contributed by atoms with Gasteiger partial charge in [0, 0.05) is 4.70 Å². The summed E-state index contributed by atoms with van der Waals surface area (Å²) in [5.41, 5.74) is 1.33. The molecule has 2 heteroatoms. The Balaban J connectivity index is 2.53. The van der Waals surface area contributed by atoms with Crippen molar-refractivity contribution >= 4 is 21.4 Å². The number of thiophene rings is 1. The topological polar surface area (TPSA) is 9.23 Å². The SMILES string of the molecule is CCOc1ccc2scc(C)c2c1.